The van der Waals surface area contributed by atoms with Gasteiger partial charge in [-0.2, -0.15) is 0 Å². The molecule has 9 heteroatoms. The fraction of sp³-hybridized carbons (Fsp3) is 0.467. The van der Waals surface area contributed by atoms with E-state index in [4.69, 9.17) is 28.4 Å². The first-order valence-corrected chi connectivity index (χ1v) is 14.2. The third-order valence-electron chi connectivity index (χ3n) is 5.77. The van der Waals surface area contributed by atoms with Crippen LogP contribution in [0.1, 0.15) is 21.1 Å². The van der Waals surface area contributed by atoms with E-state index in [0.717, 1.165) is 24.5 Å². The number of aromatic nitrogens is 2. The first-order valence-electron chi connectivity index (χ1n) is 13.4. The molecule has 3 aromatic rings. The van der Waals surface area contributed by atoms with E-state index in [1.807, 2.05) is 0 Å². The van der Waals surface area contributed by atoms with Crippen molar-refractivity contribution >= 4 is 35.6 Å². The first kappa shape index (κ1) is 31.0. The largest absolute Gasteiger partial charge is 0.382 e. The van der Waals surface area contributed by atoms with E-state index in [1.54, 1.807) is 25.6 Å². The van der Waals surface area contributed by atoms with Crippen LogP contribution in [-0.4, -0.2) is 89.4 Å². The Balaban J connectivity index is 1.39. The minimum absolute atomic E-state index is 0.586. The average Bonchev–Trinajstić information content (AvgIpc) is 3.70. The van der Waals surface area contributed by atoms with Crippen molar-refractivity contribution in [3.63, 3.8) is 0 Å². The molecule has 0 saturated carbocycles. The summed E-state index contributed by atoms with van der Waals surface area (Å²) >= 11 is 1.77. The van der Waals surface area contributed by atoms with Gasteiger partial charge in [-0.05, 0) is 60.7 Å². The molecular formula is C30H42N2O6S. The molecule has 0 atom stereocenters. The Kier molecular flexibility index (Phi) is 15.5. The van der Waals surface area contributed by atoms with Gasteiger partial charge in [0, 0.05) is 60.8 Å². The SMILES string of the molecule is COCCOCCOCCn1cccc1/C=C/c1ccc(/C=C/c2cccn2CCOCCOCCOC)s1. The zero-order chi connectivity index (χ0) is 27.4. The van der Waals surface area contributed by atoms with Gasteiger partial charge in [-0.15, -0.1) is 11.3 Å². The van der Waals surface area contributed by atoms with Crippen LogP contribution in [0.4, 0.5) is 0 Å². The second kappa shape index (κ2) is 19.5. The fourth-order valence-electron chi connectivity index (χ4n) is 3.70. The Hall–Kier alpha value is -2.50. The Labute approximate surface area is 236 Å². The minimum Gasteiger partial charge on any atom is -0.382 e. The standard InChI is InChI=1S/C30H42N2O6S/c1-33-19-21-37-25-23-35-17-15-31-13-3-5-27(31)7-9-29-11-12-30(39-29)10-8-28-6-4-14-32(28)16-18-36-24-26-38-22-20-34-2/h3-14H,15-26H2,1-2H3/b9-7+,10-8+. The van der Waals surface area contributed by atoms with Crippen LogP contribution in [0.5, 0.6) is 0 Å². The van der Waals surface area contributed by atoms with Gasteiger partial charge in [-0.1, -0.05) is 0 Å². The monoisotopic (exact) mass is 558 g/mol. The van der Waals surface area contributed by atoms with Crippen LogP contribution in [0.25, 0.3) is 24.3 Å². The van der Waals surface area contributed by atoms with Gasteiger partial charge in [0.1, 0.15) is 0 Å². The second-order valence-corrected chi connectivity index (χ2v) is 9.74. The van der Waals surface area contributed by atoms with Crippen LogP contribution in [0.15, 0.2) is 48.8 Å². The molecule has 0 amide bonds. The molecule has 3 rings (SSSR count). The van der Waals surface area contributed by atoms with Crippen molar-refractivity contribution < 1.29 is 28.4 Å². The number of methoxy groups -OCH3 is 2. The highest BCUT2D eigenvalue weighted by Crippen LogP contribution is 2.22. The molecule has 39 heavy (non-hydrogen) atoms. The van der Waals surface area contributed by atoms with E-state index in [9.17, 15) is 0 Å². The van der Waals surface area contributed by atoms with Crippen LogP contribution >= 0.6 is 11.3 Å². The molecule has 0 radical (unpaired) electrons. The summed E-state index contributed by atoms with van der Waals surface area (Å²) in [7, 11) is 3.34. The molecule has 8 nitrogen and oxygen atoms in total. The lowest BCUT2D eigenvalue weighted by Gasteiger charge is -2.08. The number of rotatable bonds is 22. The molecule has 3 heterocycles. The van der Waals surface area contributed by atoms with E-state index in [0.29, 0.717) is 66.1 Å². The van der Waals surface area contributed by atoms with Gasteiger partial charge in [-0.25, -0.2) is 0 Å². The summed E-state index contributed by atoms with van der Waals surface area (Å²) in [6.07, 6.45) is 12.8. The number of thiophene rings is 1. The number of ether oxygens (including phenoxy) is 6. The maximum absolute atomic E-state index is 5.69. The zero-order valence-electron chi connectivity index (χ0n) is 23.2. The van der Waals surface area contributed by atoms with E-state index >= 15 is 0 Å². The Bertz CT molecular complexity index is 1000. The summed E-state index contributed by atoms with van der Waals surface area (Å²) in [4.78, 5) is 2.42. The van der Waals surface area contributed by atoms with Crippen LogP contribution < -0.4 is 0 Å². The maximum atomic E-state index is 5.69. The summed E-state index contributed by atoms with van der Waals surface area (Å²) < 4.78 is 36.5. The van der Waals surface area contributed by atoms with Crippen molar-refractivity contribution in [3.8, 4) is 0 Å². The van der Waals surface area contributed by atoms with E-state index in [1.165, 1.54) is 9.75 Å². The molecule has 0 aromatic carbocycles. The molecule has 0 aliphatic heterocycles. The topological polar surface area (TPSA) is 65.2 Å². The first-order chi connectivity index (χ1) is 19.3. The lowest BCUT2D eigenvalue weighted by molar-refractivity contribution is 0.0230. The molecular weight excluding hydrogens is 516 g/mol. The number of hydrogen-bond donors (Lipinski definition) is 0. The molecule has 0 N–H and O–H groups in total. The molecule has 0 bridgehead atoms. The summed E-state index contributed by atoms with van der Waals surface area (Å²) in [6.45, 7) is 7.67. The maximum Gasteiger partial charge on any atom is 0.0701 e. The summed E-state index contributed by atoms with van der Waals surface area (Å²) in [5.41, 5.74) is 2.31. The van der Waals surface area contributed by atoms with E-state index in [-0.39, 0.29) is 0 Å². The summed E-state index contributed by atoms with van der Waals surface area (Å²) in [6, 6.07) is 12.7. The molecule has 0 aliphatic rings. The summed E-state index contributed by atoms with van der Waals surface area (Å²) in [5.74, 6) is 0. The van der Waals surface area contributed by atoms with Gasteiger partial charge in [-0.3, -0.25) is 0 Å². The quantitative estimate of drug-likeness (QED) is 0.161. The Morgan fingerprint density at radius 2 is 0.949 bits per heavy atom. The van der Waals surface area contributed by atoms with Crippen LogP contribution in [-0.2, 0) is 41.5 Å². The van der Waals surface area contributed by atoms with Crippen molar-refractivity contribution in [2.24, 2.45) is 0 Å². The van der Waals surface area contributed by atoms with Gasteiger partial charge in [0.15, 0.2) is 0 Å². The van der Waals surface area contributed by atoms with Gasteiger partial charge < -0.3 is 37.6 Å². The average molecular weight is 559 g/mol. The Morgan fingerprint density at radius 1 is 0.538 bits per heavy atom. The van der Waals surface area contributed by atoms with Gasteiger partial charge in [0.05, 0.1) is 66.1 Å². The van der Waals surface area contributed by atoms with Crippen molar-refractivity contribution in [3.05, 3.63) is 69.9 Å². The van der Waals surface area contributed by atoms with Crippen molar-refractivity contribution in [1.29, 1.82) is 0 Å². The molecule has 3 aromatic heterocycles. The molecule has 0 unspecified atom stereocenters. The predicted octanol–water partition coefficient (Wildman–Crippen LogP) is 5.05. The van der Waals surface area contributed by atoms with Gasteiger partial charge >= 0.3 is 0 Å². The normalized spacial score (nSPS) is 11.9. The summed E-state index contributed by atoms with van der Waals surface area (Å²) in [5, 5.41) is 0. The lowest BCUT2D eigenvalue weighted by Crippen LogP contribution is -2.11. The smallest absolute Gasteiger partial charge is 0.0701 e. The predicted molar refractivity (Wildman–Crippen MR) is 158 cm³/mol. The second-order valence-electron chi connectivity index (χ2n) is 8.59. The van der Waals surface area contributed by atoms with Gasteiger partial charge in [0.2, 0.25) is 0 Å². The van der Waals surface area contributed by atoms with Crippen LogP contribution in [0, 0.1) is 0 Å². The van der Waals surface area contributed by atoms with Crippen molar-refractivity contribution in [1.82, 2.24) is 9.13 Å². The van der Waals surface area contributed by atoms with E-state index < -0.39 is 0 Å². The fourth-order valence-corrected chi connectivity index (χ4v) is 4.52. The van der Waals surface area contributed by atoms with Gasteiger partial charge in [0.25, 0.3) is 0 Å². The minimum atomic E-state index is 0.586. The van der Waals surface area contributed by atoms with Crippen molar-refractivity contribution in [2.45, 2.75) is 13.1 Å². The third kappa shape index (κ3) is 12.5. The lowest BCUT2D eigenvalue weighted by atomic mass is 10.3. The molecule has 0 aliphatic carbocycles. The van der Waals surface area contributed by atoms with Crippen LogP contribution in [0.2, 0.25) is 0 Å². The Morgan fingerprint density at radius 3 is 1.38 bits per heavy atom. The highest BCUT2D eigenvalue weighted by Gasteiger charge is 2.01. The number of nitrogens with zero attached hydrogens (tertiary/aromatic N) is 2. The van der Waals surface area contributed by atoms with Crippen molar-refractivity contribution in [2.75, 3.05) is 80.3 Å². The highest BCUT2D eigenvalue weighted by atomic mass is 32.1. The highest BCUT2D eigenvalue weighted by molar-refractivity contribution is 7.13. The molecule has 0 fully saturated rings. The number of hydrogen-bond acceptors (Lipinski definition) is 7. The molecule has 0 spiro atoms. The zero-order valence-corrected chi connectivity index (χ0v) is 24.0. The molecule has 214 valence electrons. The van der Waals surface area contributed by atoms with E-state index in [2.05, 4.69) is 82.2 Å². The third-order valence-corrected chi connectivity index (χ3v) is 6.79. The molecule has 0 saturated heterocycles. The van der Waals surface area contributed by atoms with Crippen LogP contribution in [0.3, 0.4) is 0 Å².